The van der Waals surface area contributed by atoms with E-state index in [0.717, 1.165) is 76.0 Å². The van der Waals surface area contributed by atoms with Crippen LogP contribution in [0.25, 0.3) is 11.1 Å². The molecule has 0 atom stereocenters. The van der Waals surface area contributed by atoms with Crippen LogP contribution in [-0.4, -0.2) is 48.6 Å². The van der Waals surface area contributed by atoms with E-state index in [1.54, 1.807) is 0 Å². The largest absolute Gasteiger partial charge is 0.417 e. The van der Waals surface area contributed by atoms with Gasteiger partial charge in [0.25, 0.3) is 0 Å². The maximum Gasteiger partial charge on any atom is 0.417 e. The fourth-order valence-electron chi connectivity index (χ4n) is 5.00. The Hall–Kier alpha value is -3.22. The van der Waals surface area contributed by atoms with Gasteiger partial charge in [-0.3, -0.25) is 4.98 Å². The monoisotopic (exact) mass is 434 g/mol. The Morgan fingerprint density at radius 2 is 1.84 bits per heavy atom. The maximum absolute atomic E-state index is 12.5. The highest BCUT2D eigenvalue weighted by Gasteiger charge is 2.46. The van der Waals surface area contributed by atoms with Crippen LogP contribution >= 0.6 is 0 Å². The predicted octanol–water partition coefficient (Wildman–Crippen LogP) is 3.76. The summed E-state index contributed by atoms with van der Waals surface area (Å²) in [5, 5.41) is 3.08. The van der Waals surface area contributed by atoms with Crippen molar-refractivity contribution in [3.8, 4) is 0 Å². The number of piperidine rings is 1. The zero-order chi connectivity index (χ0) is 22.0. The number of nitrogens with one attached hydrogen (secondary N) is 2. The standard InChI is InChI=1S/C25H30N4O3/c30-23(26-13-5-4-8-19-6-2-1-3-7-19)29-17-25(18-29)11-14-28(15-12-25)20-9-10-21-22(16-20)32-24(31)27-21/h1-3,6-7,9-10,16H,4-5,8,11-15,17-18H2,(H,26,30)(H,27,31). The molecule has 3 aromatic rings. The number of carbonyl (C=O) groups is 1. The molecule has 0 aliphatic carbocycles. The van der Waals surface area contributed by atoms with Crippen LogP contribution in [0.3, 0.4) is 0 Å². The molecule has 0 unspecified atom stereocenters. The van der Waals surface area contributed by atoms with Crippen molar-refractivity contribution in [1.82, 2.24) is 15.2 Å². The highest BCUT2D eigenvalue weighted by atomic mass is 16.4. The number of H-pyrrole nitrogens is 1. The zero-order valence-corrected chi connectivity index (χ0v) is 18.3. The molecule has 2 N–H and O–H groups in total. The average molecular weight is 435 g/mol. The topological polar surface area (TPSA) is 81.6 Å². The first-order valence-corrected chi connectivity index (χ1v) is 11.5. The number of likely N-dealkylation sites (tertiary alicyclic amines) is 1. The number of oxazole rings is 1. The molecule has 32 heavy (non-hydrogen) atoms. The molecule has 1 spiro atoms. The van der Waals surface area contributed by atoms with Gasteiger partial charge in [-0.05, 0) is 49.8 Å². The van der Waals surface area contributed by atoms with E-state index in [-0.39, 0.29) is 11.4 Å². The lowest BCUT2D eigenvalue weighted by molar-refractivity contribution is 0.0113. The van der Waals surface area contributed by atoms with E-state index in [9.17, 15) is 9.59 Å². The fraction of sp³-hybridized carbons (Fsp3) is 0.440. The zero-order valence-electron chi connectivity index (χ0n) is 18.3. The van der Waals surface area contributed by atoms with Gasteiger partial charge >= 0.3 is 11.8 Å². The fourth-order valence-corrected chi connectivity index (χ4v) is 5.00. The molecule has 0 saturated carbocycles. The molecule has 5 rings (SSSR count). The predicted molar refractivity (Wildman–Crippen MR) is 125 cm³/mol. The Kier molecular flexibility index (Phi) is 5.64. The molecule has 7 nitrogen and oxygen atoms in total. The number of anilines is 1. The van der Waals surface area contributed by atoms with E-state index in [1.807, 2.05) is 29.2 Å². The lowest BCUT2D eigenvalue weighted by Crippen LogP contribution is -2.63. The molecule has 2 aromatic carbocycles. The van der Waals surface area contributed by atoms with E-state index >= 15 is 0 Å². The van der Waals surface area contributed by atoms with Crippen LogP contribution in [0, 0.1) is 5.41 Å². The Balaban J connectivity index is 1.03. The summed E-state index contributed by atoms with van der Waals surface area (Å²) in [6.45, 7) is 4.34. The summed E-state index contributed by atoms with van der Waals surface area (Å²) in [6, 6.07) is 16.4. The minimum atomic E-state index is -0.418. The van der Waals surface area contributed by atoms with Gasteiger partial charge in [-0.25, -0.2) is 9.59 Å². The molecular formula is C25H30N4O3. The second-order valence-corrected chi connectivity index (χ2v) is 9.21. The van der Waals surface area contributed by atoms with Crippen LogP contribution < -0.4 is 16.0 Å². The minimum absolute atomic E-state index is 0.0747. The first-order chi connectivity index (χ1) is 15.6. The number of amides is 2. The molecule has 168 valence electrons. The Bertz CT molecular complexity index is 1120. The van der Waals surface area contributed by atoms with Crippen molar-refractivity contribution in [2.24, 2.45) is 5.41 Å². The summed E-state index contributed by atoms with van der Waals surface area (Å²) in [4.78, 5) is 30.8. The third-order valence-electron chi connectivity index (χ3n) is 6.94. The molecular weight excluding hydrogens is 404 g/mol. The van der Waals surface area contributed by atoms with E-state index in [4.69, 9.17) is 4.42 Å². The second-order valence-electron chi connectivity index (χ2n) is 9.21. The number of unbranched alkanes of at least 4 members (excludes halogenated alkanes) is 1. The highest BCUT2D eigenvalue weighted by Crippen LogP contribution is 2.41. The molecule has 2 fully saturated rings. The molecule has 2 aliphatic heterocycles. The second kappa shape index (κ2) is 8.73. The van der Waals surface area contributed by atoms with E-state index in [0.29, 0.717) is 5.58 Å². The molecule has 2 saturated heterocycles. The number of aromatic nitrogens is 1. The van der Waals surface area contributed by atoms with Crippen LogP contribution in [0.4, 0.5) is 10.5 Å². The van der Waals surface area contributed by atoms with Gasteiger partial charge in [-0.15, -0.1) is 0 Å². The van der Waals surface area contributed by atoms with Crippen molar-refractivity contribution in [3.05, 3.63) is 64.6 Å². The summed E-state index contributed by atoms with van der Waals surface area (Å²) in [6.07, 6.45) is 5.29. The van der Waals surface area contributed by atoms with Crippen molar-refractivity contribution in [1.29, 1.82) is 0 Å². The summed E-state index contributed by atoms with van der Waals surface area (Å²) < 4.78 is 5.19. The number of urea groups is 1. The number of carbonyl (C=O) groups excluding carboxylic acids is 1. The summed E-state index contributed by atoms with van der Waals surface area (Å²) in [5.74, 6) is -0.418. The van der Waals surface area contributed by atoms with Gasteiger partial charge in [0.1, 0.15) is 0 Å². The maximum atomic E-state index is 12.5. The first kappa shape index (κ1) is 20.7. The highest BCUT2D eigenvalue weighted by molar-refractivity contribution is 5.77. The van der Waals surface area contributed by atoms with Crippen LogP contribution in [0.1, 0.15) is 31.2 Å². The molecule has 2 aliphatic rings. The Labute approximate surface area is 187 Å². The van der Waals surface area contributed by atoms with E-state index < -0.39 is 5.76 Å². The van der Waals surface area contributed by atoms with E-state index in [2.05, 4.69) is 39.5 Å². The number of nitrogens with zero attached hydrogens (tertiary/aromatic N) is 2. The smallest absolute Gasteiger partial charge is 0.408 e. The summed E-state index contributed by atoms with van der Waals surface area (Å²) in [5.41, 5.74) is 4.02. The molecule has 3 heterocycles. The first-order valence-electron chi connectivity index (χ1n) is 11.5. The quantitative estimate of drug-likeness (QED) is 0.579. The number of hydrogen-bond donors (Lipinski definition) is 2. The van der Waals surface area contributed by atoms with Crippen molar-refractivity contribution in [2.75, 3.05) is 37.6 Å². The molecule has 0 bridgehead atoms. The number of fused-ring (bicyclic) bond motifs is 1. The van der Waals surface area contributed by atoms with Gasteiger partial charge in [0.05, 0.1) is 5.52 Å². The lowest BCUT2D eigenvalue weighted by Gasteiger charge is -2.54. The Morgan fingerprint density at radius 3 is 2.62 bits per heavy atom. The average Bonchev–Trinajstić information content (AvgIpc) is 3.17. The van der Waals surface area contributed by atoms with Crippen LogP contribution in [0.15, 0.2) is 57.7 Å². The molecule has 0 radical (unpaired) electrons. The number of hydrogen-bond acceptors (Lipinski definition) is 4. The number of aryl methyl sites for hydroxylation is 1. The van der Waals surface area contributed by atoms with Gasteiger partial charge in [0.15, 0.2) is 5.58 Å². The normalized spacial score (nSPS) is 17.5. The lowest BCUT2D eigenvalue weighted by atomic mass is 9.72. The SMILES string of the molecule is O=C(NCCCCc1ccccc1)N1CC2(CCN(c3ccc4[nH]c(=O)oc4c3)CC2)C1. The van der Waals surface area contributed by atoms with Crippen LogP contribution in [0.5, 0.6) is 0 Å². The molecule has 7 heteroatoms. The summed E-state index contributed by atoms with van der Waals surface area (Å²) in [7, 11) is 0. The van der Waals surface area contributed by atoms with Gasteiger partial charge in [-0.1, -0.05) is 30.3 Å². The van der Waals surface area contributed by atoms with Gasteiger partial charge in [0.2, 0.25) is 0 Å². The number of benzene rings is 2. The van der Waals surface area contributed by atoms with Crippen molar-refractivity contribution in [2.45, 2.75) is 32.1 Å². The van der Waals surface area contributed by atoms with Gasteiger partial charge in [-0.2, -0.15) is 0 Å². The minimum Gasteiger partial charge on any atom is -0.408 e. The summed E-state index contributed by atoms with van der Waals surface area (Å²) >= 11 is 0. The van der Waals surface area contributed by atoms with Crippen molar-refractivity contribution >= 4 is 22.8 Å². The van der Waals surface area contributed by atoms with Gasteiger partial charge < -0.3 is 19.5 Å². The molecule has 1 aromatic heterocycles. The van der Waals surface area contributed by atoms with Crippen molar-refractivity contribution < 1.29 is 9.21 Å². The van der Waals surface area contributed by atoms with Crippen molar-refractivity contribution in [3.63, 3.8) is 0 Å². The van der Waals surface area contributed by atoms with Crippen LogP contribution in [-0.2, 0) is 6.42 Å². The molecule has 2 amide bonds. The number of rotatable bonds is 6. The van der Waals surface area contributed by atoms with E-state index in [1.165, 1.54) is 5.56 Å². The third-order valence-corrected chi connectivity index (χ3v) is 6.94. The Morgan fingerprint density at radius 1 is 1.06 bits per heavy atom. The van der Waals surface area contributed by atoms with Gasteiger partial charge in [0, 0.05) is 49.9 Å². The third kappa shape index (κ3) is 4.38. The number of aromatic amines is 1. The van der Waals surface area contributed by atoms with Crippen LogP contribution in [0.2, 0.25) is 0 Å².